The fraction of sp³-hybridized carbons (Fsp3) is 0.409. The summed E-state index contributed by atoms with van der Waals surface area (Å²) < 4.78 is 5.23. The average molecular weight is 370 g/mol. The molecule has 1 amide bonds. The van der Waals surface area contributed by atoms with Gasteiger partial charge in [0.25, 0.3) is 5.91 Å². The Balaban J connectivity index is 1.72. The minimum Gasteiger partial charge on any atom is -0.497 e. The zero-order chi connectivity index (χ0) is 19.2. The van der Waals surface area contributed by atoms with E-state index < -0.39 is 0 Å². The van der Waals surface area contributed by atoms with Gasteiger partial charge in [-0.3, -0.25) is 4.79 Å². The molecule has 0 radical (unpaired) electrons. The summed E-state index contributed by atoms with van der Waals surface area (Å²) in [5, 5.41) is 3.15. The molecule has 5 heteroatoms. The number of piperazine rings is 1. The van der Waals surface area contributed by atoms with Crippen molar-refractivity contribution in [1.29, 1.82) is 0 Å². The highest BCUT2D eigenvalue weighted by molar-refractivity contribution is 5.94. The van der Waals surface area contributed by atoms with Crippen LogP contribution in [0.25, 0.3) is 0 Å². The second-order valence-electron chi connectivity index (χ2n) is 7.52. The van der Waals surface area contributed by atoms with Gasteiger partial charge in [0.15, 0.2) is 0 Å². The largest absolute Gasteiger partial charge is 0.497 e. The van der Waals surface area contributed by atoms with Crippen molar-refractivity contribution in [1.82, 2.24) is 5.32 Å². The Kier molecular flexibility index (Phi) is 6.48. The third-order valence-corrected chi connectivity index (χ3v) is 5.52. The van der Waals surface area contributed by atoms with Crippen molar-refractivity contribution >= 4 is 5.91 Å². The van der Waals surface area contributed by atoms with Crippen LogP contribution in [0, 0.1) is 6.92 Å². The fourth-order valence-electron chi connectivity index (χ4n) is 3.70. The number of methoxy groups -OCH3 is 1. The van der Waals surface area contributed by atoms with E-state index in [1.54, 1.807) is 23.0 Å². The molecule has 0 aliphatic carbocycles. The van der Waals surface area contributed by atoms with Crippen LogP contribution in [0.3, 0.4) is 0 Å². The lowest BCUT2D eigenvalue weighted by Gasteiger charge is -2.33. The number of quaternary nitrogens is 2. The van der Waals surface area contributed by atoms with Crippen molar-refractivity contribution in [3.63, 3.8) is 0 Å². The maximum atomic E-state index is 12.7. The lowest BCUT2D eigenvalue weighted by atomic mass is 10.0. The SMILES string of the molecule is COc1cccc(C(=O)NC[C@H](c2ccc(C)cc2)[NH+]2CC[NH+](C)CC2)c1. The summed E-state index contributed by atoms with van der Waals surface area (Å²) in [6, 6.07) is 16.3. The number of carbonyl (C=O) groups excluding carboxylic acids is 1. The summed E-state index contributed by atoms with van der Waals surface area (Å²) in [4.78, 5) is 15.8. The van der Waals surface area contributed by atoms with E-state index in [1.807, 2.05) is 18.2 Å². The molecule has 1 fully saturated rings. The number of hydrogen-bond donors (Lipinski definition) is 3. The van der Waals surface area contributed by atoms with Crippen LogP contribution in [0.5, 0.6) is 5.75 Å². The standard InChI is InChI=1S/C22H29N3O2/c1-17-7-9-18(10-8-17)21(25-13-11-24(2)12-14-25)16-23-22(26)19-5-4-6-20(15-19)27-3/h4-10,15,21H,11-14,16H2,1-3H3,(H,23,26)/p+2/t21-/m1/s1. The van der Waals surface area contributed by atoms with Crippen LogP contribution < -0.4 is 19.9 Å². The van der Waals surface area contributed by atoms with E-state index in [-0.39, 0.29) is 11.9 Å². The van der Waals surface area contributed by atoms with E-state index in [1.165, 1.54) is 24.2 Å². The highest BCUT2D eigenvalue weighted by atomic mass is 16.5. The minimum atomic E-state index is -0.0508. The highest BCUT2D eigenvalue weighted by Crippen LogP contribution is 2.14. The number of amides is 1. The molecule has 0 unspecified atom stereocenters. The van der Waals surface area contributed by atoms with Crippen molar-refractivity contribution in [2.45, 2.75) is 13.0 Å². The van der Waals surface area contributed by atoms with Gasteiger partial charge in [-0.25, -0.2) is 0 Å². The second-order valence-corrected chi connectivity index (χ2v) is 7.52. The van der Waals surface area contributed by atoms with Gasteiger partial charge >= 0.3 is 0 Å². The third-order valence-electron chi connectivity index (χ3n) is 5.52. The van der Waals surface area contributed by atoms with Crippen molar-refractivity contribution in [2.75, 3.05) is 46.9 Å². The number of carbonyl (C=O) groups is 1. The molecule has 2 aromatic carbocycles. The molecule has 5 nitrogen and oxygen atoms in total. The molecule has 0 aromatic heterocycles. The topological polar surface area (TPSA) is 47.2 Å². The number of ether oxygens (including phenoxy) is 1. The Morgan fingerprint density at radius 2 is 1.81 bits per heavy atom. The molecule has 1 aliphatic heterocycles. The molecule has 1 atom stereocenters. The molecule has 1 heterocycles. The number of likely N-dealkylation sites (N-methyl/N-ethyl adjacent to an activating group) is 1. The van der Waals surface area contributed by atoms with Crippen LogP contribution in [0.4, 0.5) is 0 Å². The zero-order valence-electron chi connectivity index (χ0n) is 16.5. The first-order valence-electron chi connectivity index (χ1n) is 9.71. The molecule has 0 spiro atoms. The second kappa shape index (κ2) is 9.02. The number of benzene rings is 2. The summed E-state index contributed by atoms with van der Waals surface area (Å²) in [6.07, 6.45) is 0. The molecule has 27 heavy (non-hydrogen) atoms. The molecule has 0 saturated carbocycles. The Bertz CT molecular complexity index is 752. The summed E-state index contributed by atoms with van der Waals surface area (Å²) in [5.41, 5.74) is 3.19. The Morgan fingerprint density at radius 1 is 1.11 bits per heavy atom. The summed E-state index contributed by atoms with van der Waals surface area (Å²) >= 11 is 0. The number of aryl methyl sites for hydroxylation is 1. The zero-order valence-corrected chi connectivity index (χ0v) is 16.5. The first kappa shape index (κ1) is 19.4. The van der Waals surface area contributed by atoms with Crippen LogP contribution in [0.1, 0.15) is 27.5 Å². The molecular weight excluding hydrogens is 338 g/mol. The minimum absolute atomic E-state index is 0.0508. The molecule has 0 bridgehead atoms. The maximum absolute atomic E-state index is 12.7. The molecule has 2 aromatic rings. The van der Waals surface area contributed by atoms with Gasteiger partial charge in [-0.05, 0) is 25.1 Å². The van der Waals surface area contributed by atoms with E-state index in [4.69, 9.17) is 4.74 Å². The Hall–Kier alpha value is -2.37. The molecule has 144 valence electrons. The lowest BCUT2D eigenvalue weighted by Crippen LogP contribution is -3.27. The van der Waals surface area contributed by atoms with Crippen LogP contribution in [-0.4, -0.2) is 52.8 Å². The van der Waals surface area contributed by atoms with Gasteiger partial charge in [0, 0.05) is 11.1 Å². The fourth-order valence-corrected chi connectivity index (χ4v) is 3.70. The number of hydrogen-bond acceptors (Lipinski definition) is 2. The average Bonchev–Trinajstić information content (AvgIpc) is 2.70. The van der Waals surface area contributed by atoms with Gasteiger partial charge in [0.1, 0.15) is 38.0 Å². The molecule has 3 N–H and O–H groups in total. The smallest absolute Gasteiger partial charge is 0.251 e. The van der Waals surface area contributed by atoms with Crippen LogP contribution >= 0.6 is 0 Å². The van der Waals surface area contributed by atoms with E-state index in [2.05, 4.69) is 43.6 Å². The van der Waals surface area contributed by atoms with Crippen LogP contribution in [0.2, 0.25) is 0 Å². The predicted octanol–water partition coefficient (Wildman–Crippen LogP) is -0.112. The normalized spacial score (nSPS) is 20.7. The monoisotopic (exact) mass is 369 g/mol. The number of nitrogens with one attached hydrogen (secondary N) is 3. The van der Waals surface area contributed by atoms with Gasteiger partial charge in [-0.15, -0.1) is 0 Å². The Morgan fingerprint density at radius 3 is 2.48 bits per heavy atom. The highest BCUT2D eigenvalue weighted by Gasteiger charge is 2.29. The lowest BCUT2D eigenvalue weighted by molar-refractivity contribution is -1.02. The summed E-state index contributed by atoms with van der Waals surface area (Å²) in [5.74, 6) is 0.649. The first-order valence-corrected chi connectivity index (χ1v) is 9.71. The van der Waals surface area contributed by atoms with E-state index in [0.717, 1.165) is 13.1 Å². The van der Waals surface area contributed by atoms with Gasteiger partial charge in [0.2, 0.25) is 0 Å². The van der Waals surface area contributed by atoms with Gasteiger partial charge in [-0.2, -0.15) is 0 Å². The van der Waals surface area contributed by atoms with E-state index >= 15 is 0 Å². The molecule has 1 saturated heterocycles. The van der Waals surface area contributed by atoms with Crippen LogP contribution in [0.15, 0.2) is 48.5 Å². The van der Waals surface area contributed by atoms with Gasteiger partial charge in [0.05, 0.1) is 20.7 Å². The van der Waals surface area contributed by atoms with Crippen molar-refractivity contribution in [3.05, 3.63) is 65.2 Å². The first-order chi connectivity index (χ1) is 13.1. The molecular formula is C22H31N3O2+2. The van der Waals surface area contributed by atoms with Crippen molar-refractivity contribution in [2.24, 2.45) is 0 Å². The van der Waals surface area contributed by atoms with Crippen molar-refractivity contribution in [3.8, 4) is 5.75 Å². The molecule has 3 rings (SSSR count). The quantitative estimate of drug-likeness (QED) is 0.665. The summed E-state index contributed by atoms with van der Waals surface area (Å²) in [7, 11) is 3.87. The van der Waals surface area contributed by atoms with Gasteiger partial charge < -0.3 is 19.9 Å². The third kappa shape index (κ3) is 5.08. The maximum Gasteiger partial charge on any atom is 0.251 e. The van der Waals surface area contributed by atoms with Crippen LogP contribution in [-0.2, 0) is 0 Å². The Labute approximate surface area is 161 Å². The van der Waals surface area contributed by atoms with E-state index in [9.17, 15) is 4.79 Å². The van der Waals surface area contributed by atoms with Crippen molar-refractivity contribution < 1.29 is 19.3 Å². The van der Waals surface area contributed by atoms with E-state index in [0.29, 0.717) is 17.9 Å². The predicted molar refractivity (Wildman–Crippen MR) is 107 cm³/mol. The summed E-state index contributed by atoms with van der Waals surface area (Å²) in [6.45, 7) is 7.32. The molecule has 1 aliphatic rings. The number of rotatable bonds is 6. The van der Waals surface area contributed by atoms with Gasteiger partial charge in [-0.1, -0.05) is 35.9 Å².